The normalized spacial score (nSPS) is 49.3. The predicted octanol–water partition coefficient (Wildman–Crippen LogP) is 0.768. The van der Waals surface area contributed by atoms with E-state index in [0.717, 1.165) is 23.7 Å². The first-order valence-electron chi connectivity index (χ1n) is 7.30. The highest BCUT2D eigenvalue weighted by atomic mass is 16.2. The van der Waals surface area contributed by atoms with Crippen LogP contribution >= 0.6 is 0 Å². The summed E-state index contributed by atoms with van der Waals surface area (Å²) in [6, 6.07) is 0.133. The third-order valence-electron chi connectivity index (χ3n) is 5.69. The number of carbonyl (C=O) groups is 2. The first-order valence-corrected chi connectivity index (χ1v) is 7.30. The smallest absolute Gasteiger partial charge is 0.245 e. The van der Waals surface area contributed by atoms with E-state index in [1.165, 1.54) is 19.3 Å². The van der Waals surface area contributed by atoms with Crippen LogP contribution in [0.4, 0.5) is 0 Å². The number of fused-ring (bicyclic) bond motifs is 5. The van der Waals surface area contributed by atoms with Crippen molar-refractivity contribution in [2.24, 2.45) is 23.7 Å². The highest BCUT2D eigenvalue weighted by Crippen LogP contribution is 2.67. The first kappa shape index (κ1) is 10.8. The van der Waals surface area contributed by atoms with Gasteiger partial charge in [-0.15, -0.1) is 0 Å². The van der Waals surface area contributed by atoms with Gasteiger partial charge in [0.25, 0.3) is 0 Å². The zero-order chi connectivity index (χ0) is 12.4. The summed E-state index contributed by atoms with van der Waals surface area (Å²) in [5.41, 5.74) is 0. The largest absolute Gasteiger partial charge is 0.343 e. The van der Waals surface area contributed by atoms with Crippen molar-refractivity contribution in [1.82, 2.24) is 10.2 Å². The van der Waals surface area contributed by atoms with E-state index in [4.69, 9.17) is 0 Å². The molecule has 1 saturated heterocycles. The van der Waals surface area contributed by atoms with Crippen LogP contribution in [-0.2, 0) is 9.59 Å². The van der Waals surface area contributed by atoms with Crippen molar-refractivity contribution in [3.05, 3.63) is 0 Å². The molecule has 0 spiro atoms. The van der Waals surface area contributed by atoms with E-state index >= 15 is 0 Å². The van der Waals surface area contributed by atoms with Gasteiger partial charge in [-0.2, -0.15) is 0 Å². The molecule has 1 aliphatic heterocycles. The zero-order valence-corrected chi connectivity index (χ0v) is 10.8. The summed E-state index contributed by atoms with van der Waals surface area (Å²) in [6.45, 7) is 2.26. The second-order valence-electron chi connectivity index (χ2n) is 6.47. The highest BCUT2D eigenvalue weighted by molar-refractivity contribution is 5.95. The van der Waals surface area contributed by atoms with Crippen LogP contribution in [0.2, 0.25) is 0 Å². The van der Waals surface area contributed by atoms with Crippen molar-refractivity contribution in [3.63, 3.8) is 0 Å². The second-order valence-corrected chi connectivity index (χ2v) is 6.47. The van der Waals surface area contributed by atoms with Gasteiger partial charge in [-0.05, 0) is 49.4 Å². The summed E-state index contributed by atoms with van der Waals surface area (Å²) in [5.74, 6) is 3.35. The minimum atomic E-state index is -0.273. The van der Waals surface area contributed by atoms with Crippen molar-refractivity contribution in [1.29, 1.82) is 0 Å². The van der Waals surface area contributed by atoms with Gasteiger partial charge in [0.15, 0.2) is 0 Å². The molecule has 2 bridgehead atoms. The maximum atomic E-state index is 12.4. The molecule has 4 nitrogen and oxygen atoms in total. The van der Waals surface area contributed by atoms with Crippen LogP contribution < -0.4 is 5.32 Å². The van der Waals surface area contributed by atoms with Gasteiger partial charge in [0.1, 0.15) is 6.04 Å². The molecule has 4 rings (SSSR count). The van der Waals surface area contributed by atoms with E-state index in [9.17, 15) is 9.59 Å². The third kappa shape index (κ3) is 1.26. The Morgan fingerprint density at radius 1 is 1.22 bits per heavy atom. The summed E-state index contributed by atoms with van der Waals surface area (Å²) in [6.07, 6.45) is 4.80. The van der Waals surface area contributed by atoms with E-state index in [1.54, 1.807) is 0 Å². The molecule has 4 aliphatic rings. The first-order chi connectivity index (χ1) is 8.70. The van der Waals surface area contributed by atoms with Crippen molar-refractivity contribution in [2.45, 2.75) is 44.7 Å². The lowest BCUT2D eigenvalue weighted by molar-refractivity contribution is -0.145. The van der Waals surface area contributed by atoms with Crippen molar-refractivity contribution in [3.8, 4) is 0 Å². The molecule has 0 aromatic heterocycles. The zero-order valence-electron chi connectivity index (χ0n) is 10.8. The van der Waals surface area contributed by atoms with Gasteiger partial charge in [-0.3, -0.25) is 9.59 Å². The van der Waals surface area contributed by atoms with Crippen LogP contribution in [-0.4, -0.2) is 35.3 Å². The number of piperazine rings is 1. The van der Waals surface area contributed by atoms with Gasteiger partial charge in [-0.25, -0.2) is 0 Å². The fourth-order valence-corrected chi connectivity index (χ4v) is 4.96. The van der Waals surface area contributed by atoms with E-state index in [-0.39, 0.29) is 17.9 Å². The fourth-order valence-electron chi connectivity index (χ4n) is 4.96. The molecule has 0 aromatic carbocycles. The molecule has 18 heavy (non-hydrogen) atoms. The van der Waals surface area contributed by atoms with Gasteiger partial charge in [0, 0.05) is 6.04 Å². The quantitative estimate of drug-likeness (QED) is 0.784. The van der Waals surface area contributed by atoms with E-state index in [2.05, 4.69) is 5.32 Å². The molecule has 1 N–H and O–H groups in total. The lowest BCUT2D eigenvalue weighted by Gasteiger charge is -2.33. The highest BCUT2D eigenvalue weighted by Gasteiger charge is 2.68. The minimum Gasteiger partial charge on any atom is -0.343 e. The van der Waals surface area contributed by atoms with Crippen LogP contribution in [0, 0.1) is 23.7 Å². The lowest BCUT2D eigenvalue weighted by atomic mass is 10.0. The van der Waals surface area contributed by atoms with Gasteiger partial charge < -0.3 is 10.2 Å². The van der Waals surface area contributed by atoms with Crippen LogP contribution in [0.25, 0.3) is 0 Å². The van der Waals surface area contributed by atoms with E-state index < -0.39 is 0 Å². The number of hydrogen-bond acceptors (Lipinski definition) is 2. The molecule has 5 atom stereocenters. The molecular weight excluding hydrogens is 228 g/mol. The van der Waals surface area contributed by atoms with E-state index in [0.29, 0.717) is 19.0 Å². The summed E-state index contributed by atoms with van der Waals surface area (Å²) in [7, 11) is 0. The van der Waals surface area contributed by atoms with Gasteiger partial charge in [0.05, 0.1) is 6.54 Å². The SMILES string of the molecule is CCC1NC(=O)CN(C2C3C4CCC(C4)C32)C1=O. The average molecular weight is 248 g/mol. The molecule has 5 unspecified atom stereocenters. The Morgan fingerprint density at radius 3 is 2.50 bits per heavy atom. The molecule has 3 aliphatic carbocycles. The number of nitrogens with one attached hydrogen (secondary N) is 1. The van der Waals surface area contributed by atoms with Crippen molar-refractivity contribution < 1.29 is 9.59 Å². The minimum absolute atomic E-state index is 0.0266. The standard InChI is InChI=1S/C14H20N2O2/c1-2-9-14(18)16(6-10(17)15-9)13-11-7-3-4-8(5-7)12(11)13/h7-9,11-13H,2-6H2,1H3,(H,15,17). The summed E-state index contributed by atoms with van der Waals surface area (Å²) < 4.78 is 0. The second kappa shape index (κ2) is 3.49. The molecule has 3 saturated carbocycles. The molecule has 4 fully saturated rings. The molecule has 0 radical (unpaired) electrons. The fraction of sp³-hybridized carbons (Fsp3) is 0.857. The van der Waals surface area contributed by atoms with Crippen molar-refractivity contribution in [2.75, 3.05) is 6.54 Å². The van der Waals surface area contributed by atoms with Crippen LogP contribution in [0.3, 0.4) is 0 Å². The Hall–Kier alpha value is -1.06. The van der Waals surface area contributed by atoms with Crippen LogP contribution in [0.5, 0.6) is 0 Å². The maximum Gasteiger partial charge on any atom is 0.245 e. The van der Waals surface area contributed by atoms with E-state index in [1.807, 2.05) is 11.8 Å². The summed E-state index contributed by atoms with van der Waals surface area (Å²) in [5, 5.41) is 2.80. The lowest BCUT2D eigenvalue weighted by Crippen LogP contribution is -2.59. The topological polar surface area (TPSA) is 49.4 Å². The third-order valence-corrected chi connectivity index (χ3v) is 5.69. The number of nitrogens with zero attached hydrogens (tertiary/aromatic N) is 1. The Morgan fingerprint density at radius 2 is 1.89 bits per heavy atom. The van der Waals surface area contributed by atoms with Gasteiger partial charge in [-0.1, -0.05) is 6.92 Å². The van der Waals surface area contributed by atoms with Gasteiger partial charge in [0.2, 0.25) is 11.8 Å². The number of carbonyl (C=O) groups excluding carboxylic acids is 2. The Labute approximate surface area is 107 Å². The predicted molar refractivity (Wildman–Crippen MR) is 65.5 cm³/mol. The Balaban J connectivity index is 1.55. The Kier molecular flexibility index (Phi) is 2.10. The van der Waals surface area contributed by atoms with Gasteiger partial charge >= 0.3 is 0 Å². The Bertz CT molecular complexity index is 406. The van der Waals surface area contributed by atoms with Crippen molar-refractivity contribution >= 4 is 11.8 Å². The van der Waals surface area contributed by atoms with Crippen LogP contribution in [0.1, 0.15) is 32.6 Å². The maximum absolute atomic E-state index is 12.4. The average Bonchev–Trinajstić information content (AvgIpc) is 2.78. The molecule has 2 amide bonds. The molecule has 0 aromatic rings. The van der Waals surface area contributed by atoms with Crippen LogP contribution in [0.15, 0.2) is 0 Å². The summed E-state index contributed by atoms with van der Waals surface area (Å²) in [4.78, 5) is 26.0. The molecule has 4 heteroatoms. The molecule has 1 heterocycles. The number of rotatable bonds is 2. The number of amides is 2. The number of hydrogen-bond donors (Lipinski definition) is 1. The monoisotopic (exact) mass is 248 g/mol. The molecule has 98 valence electrons. The molecular formula is C14H20N2O2. The summed E-state index contributed by atoms with van der Waals surface area (Å²) >= 11 is 0.